The summed E-state index contributed by atoms with van der Waals surface area (Å²) in [5.74, 6) is -1.79. The Hall–Kier alpha value is -3.68. The van der Waals surface area contributed by atoms with Crippen molar-refractivity contribution in [3.8, 4) is 11.5 Å². The summed E-state index contributed by atoms with van der Waals surface area (Å²) in [5, 5.41) is 24.0. The quantitative estimate of drug-likeness (QED) is 0.442. The summed E-state index contributed by atoms with van der Waals surface area (Å²) in [6, 6.07) is 16.5. The van der Waals surface area contributed by atoms with Gasteiger partial charge in [0.15, 0.2) is 11.5 Å². The molecular weight excluding hydrogens is 467 g/mol. The van der Waals surface area contributed by atoms with Crippen molar-refractivity contribution in [2.24, 2.45) is 0 Å². The molecule has 1 aliphatic rings. The molecule has 3 aromatic rings. The molecule has 3 aromatic carbocycles. The molecule has 1 aliphatic heterocycles. The van der Waals surface area contributed by atoms with Gasteiger partial charge in [0, 0.05) is 21.4 Å². The molecule has 0 aliphatic carbocycles. The Balaban J connectivity index is 1.91. The second-order valence-electron chi connectivity index (χ2n) is 7.21. The van der Waals surface area contributed by atoms with E-state index in [1.54, 1.807) is 54.6 Å². The van der Waals surface area contributed by atoms with E-state index in [2.05, 4.69) is 5.32 Å². The van der Waals surface area contributed by atoms with E-state index in [4.69, 9.17) is 27.9 Å². The number of rotatable bonds is 6. The monoisotopic (exact) mass is 484 g/mol. The van der Waals surface area contributed by atoms with Gasteiger partial charge in [-0.2, -0.15) is 0 Å². The van der Waals surface area contributed by atoms with Crippen LogP contribution in [0.2, 0.25) is 10.0 Å². The fraction of sp³-hybridized carbons (Fsp3) is 0.0833. The van der Waals surface area contributed by atoms with E-state index in [0.29, 0.717) is 27.0 Å². The summed E-state index contributed by atoms with van der Waals surface area (Å²) in [7, 11) is 1.38. The Bertz CT molecular complexity index is 1270. The van der Waals surface area contributed by atoms with Crippen LogP contribution in [-0.4, -0.2) is 29.2 Å². The number of carbonyl (C=O) groups excluding carboxylic acids is 1. The number of aliphatic carboxylic acids is 1. The SMILES string of the molecule is COc1cc(C2C(C(=O)O)=C(Nc3ccc(Cl)cc3)C(=O)N2c2cccc(Cl)c2)ccc1O. The fourth-order valence-electron chi connectivity index (χ4n) is 3.71. The summed E-state index contributed by atoms with van der Waals surface area (Å²) in [6.07, 6.45) is 0. The largest absolute Gasteiger partial charge is 0.504 e. The number of hydrogen-bond donors (Lipinski definition) is 3. The molecule has 0 saturated heterocycles. The van der Waals surface area contributed by atoms with Gasteiger partial charge >= 0.3 is 5.97 Å². The number of methoxy groups -OCH3 is 1. The molecule has 9 heteroatoms. The molecule has 4 rings (SSSR count). The Kier molecular flexibility index (Phi) is 6.18. The summed E-state index contributed by atoms with van der Waals surface area (Å²) in [4.78, 5) is 27.4. The second kappa shape index (κ2) is 9.05. The third kappa shape index (κ3) is 4.33. The van der Waals surface area contributed by atoms with Crippen LogP contribution < -0.4 is 15.0 Å². The third-order valence-electron chi connectivity index (χ3n) is 5.18. The molecular formula is C24H18Cl2N2O5. The number of carbonyl (C=O) groups is 2. The van der Waals surface area contributed by atoms with Gasteiger partial charge in [-0.15, -0.1) is 0 Å². The van der Waals surface area contributed by atoms with Gasteiger partial charge in [0.1, 0.15) is 5.70 Å². The lowest BCUT2D eigenvalue weighted by atomic mass is 9.98. The molecule has 1 heterocycles. The van der Waals surface area contributed by atoms with Crippen LogP contribution in [0, 0.1) is 0 Å². The average molecular weight is 485 g/mol. The van der Waals surface area contributed by atoms with E-state index in [1.807, 2.05) is 0 Å². The van der Waals surface area contributed by atoms with Crippen molar-refractivity contribution in [3.05, 3.63) is 93.6 Å². The molecule has 33 heavy (non-hydrogen) atoms. The number of nitrogens with zero attached hydrogens (tertiary/aromatic N) is 1. The van der Waals surface area contributed by atoms with Crippen molar-refractivity contribution in [1.29, 1.82) is 0 Å². The van der Waals surface area contributed by atoms with Crippen LogP contribution >= 0.6 is 23.2 Å². The average Bonchev–Trinajstić information content (AvgIpc) is 3.08. The van der Waals surface area contributed by atoms with E-state index in [0.717, 1.165) is 0 Å². The highest BCUT2D eigenvalue weighted by atomic mass is 35.5. The molecule has 0 spiro atoms. The first-order valence-electron chi connectivity index (χ1n) is 9.76. The minimum absolute atomic E-state index is 0.0955. The number of halogens is 2. The number of benzene rings is 3. The molecule has 0 aromatic heterocycles. The highest BCUT2D eigenvalue weighted by Crippen LogP contribution is 2.44. The van der Waals surface area contributed by atoms with Crippen LogP contribution in [0.3, 0.4) is 0 Å². The second-order valence-corrected chi connectivity index (χ2v) is 8.09. The fourth-order valence-corrected chi connectivity index (χ4v) is 4.02. The molecule has 0 radical (unpaired) electrons. The van der Waals surface area contributed by atoms with Gasteiger partial charge < -0.3 is 20.3 Å². The van der Waals surface area contributed by atoms with Gasteiger partial charge in [-0.3, -0.25) is 9.69 Å². The zero-order chi connectivity index (χ0) is 23.7. The maximum Gasteiger partial charge on any atom is 0.336 e. The van der Waals surface area contributed by atoms with E-state index in [1.165, 1.54) is 24.1 Å². The predicted octanol–water partition coefficient (Wildman–Crippen LogP) is 5.25. The number of aromatic hydroxyl groups is 1. The van der Waals surface area contributed by atoms with E-state index >= 15 is 0 Å². The molecule has 0 bridgehead atoms. The molecule has 3 N–H and O–H groups in total. The topological polar surface area (TPSA) is 99.1 Å². The molecule has 1 unspecified atom stereocenters. The highest BCUT2D eigenvalue weighted by Gasteiger charge is 2.44. The normalized spacial score (nSPS) is 15.7. The molecule has 1 amide bonds. The van der Waals surface area contributed by atoms with Crippen molar-refractivity contribution in [1.82, 2.24) is 0 Å². The Labute approximate surface area is 199 Å². The van der Waals surface area contributed by atoms with Gasteiger partial charge in [0.05, 0.1) is 18.7 Å². The van der Waals surface area contributed by atoms with Crippen LogP contribution in [0.4, 0.5) is 11.4 Å². The lowest BCUT2D eigenvalue weighted by Gasteiger charge is -2.27. The number of nitrogens with one attached hydrogen (secondary N) is 1. The number of carboxylic acid groups (broad SMARTS) is 1. The zero-order valence-corrected chi connectivity index (χ0v) is 18.8. The number of amides is 1. The summed E-state index contributed by atoms with van der Waals surface area (Å²) >= 11 is 12.1. The number of phenolic OH excluding ortho intramolecular Hbond substituents is 1. The Morgan fingerprint density at radius 3 is 2.39 bits per heavy atom. The van der Waals surface area contributed by atoms with Gasteiger partial charge in [0.25, 0.3) is 5.91 Å². The van der Waals surface area contributed by atoms with Crippen LogP contribution in [0.15, 0.2) is 78.0 Å². The van der Waals surface area contributed by atoms with Crippen molar-refractivity contribution in [2.45, 2.75) is 6.04 Å². The first kappa shape index (κ1) is 22.5. The number of ether oxygens (including phenoxy) is 1. The molecule has 7 nitrogen and oxygen atoms in total. The molecule has 0 saturated carbocycles. The summed E-state index contributed by atoms with van der Waals surface area (Å²) in [5.41, 5.74) is 1.08. The van der Waals surface area contributed by atoms with Gasteiger partial charge in [0.2, 0.25) is 0 Å². The zero-order valence-electron chi connectivity index (χ0n) is 17.3. The third-order valence-corrected chi connectivity index (χ3v) is 5.67. The first-order valence-corrected chi connectivity index (χ1v) is 10.5. The van der Waals surface area contributed by atoms with Crippen molar-refractivity contribution in [2.75, 3.05) is 17.3 Å². The lowest BCUT2D eigenvalue weighted by molar-refractivity contribution is -0.133. The van der Waals surface area contributed by atoms with E-state index < -0.39 is 17.9 Å². The van der Waals surface area contributed by atoms with Gasteiger partial charge in [-0.1, -0.05) is 35.3 Å². The van der Waals surface area contributed by atoms with Crippen molar-refractivity contribution < 1.29 is 24.5 Å². The standard InChI is InChI=1S/C24H18Cl2N2O5/c1-33-19-11-13(5-10-18(19)29)22-20(24(31)32)21(27-16-8-6-14(25)7-9-16)23(30)28(22)17-4-2-3-15(26)12-17/h2-12,22,27,29H,1H3,(H,31,32). The Morgan fingerprint density at radius 2 is 1.76 bits per heavy atom. The lowest BCUT2D eigenvalue weighted by Crippen LogP contribution is -2.31. The van der Waals surface area contributed by atoms with Crippen molar-refractivity contribution >= 4 is 46.5 Å². The maximum atomic E-state index is 13.6. The smallest absolute Gasteiger partial charge is 0.336 e. The van der Waals surface area contributed by atoms with Crippen LogP contribution in [0.5, 0.6) is 11.5 Å². The van der Waals surface area contributed by atoms with E-state index in [-0.39, 0.29) is 22.8 Å². The number of hydrogen-bond acceptors (Lipinski definition) is 5. The van der Waals surface area contributed by atoms with Crippen LogP contribution in [0.25, 0.3) is 0 Å². The number of phenols is 1. The molecule has 168 valence electrons. The highest BCUT2D eigenvalue weighted by molar-refractivity contribution is 6.31. The summed E-state index contributed by atoms with van der Waals surface area (Å²) < 4.78 is 5.20. The van der Waals surface area contributed by atoms with Crippen molar-refractivity contribution in [3.63, 3.8) is 0 Å². The van der Waals surface area contributed by atoms with Gasteiger partial charge in [-0.05, 0) is 60.2 Å². The maximum absolute atomic E-state index is 13.6. The Morgan fingerprint density at radius 1 is 1.03 bits per heavy atom. The van der Waals surface area contributed by atoms with E-state index in [9.17, 15) is 19.8 Å². The number of carboxylic acids is 1. The number of anilines is 2. The van der Waals surface area contributed by atoms with Crippen LogP contribution in [0.1, 0.15) is 11.6 Å². The molecule has 1 atom stereocenters. The minimum Gasteiger partial charge on any atom is -0.504 e. The predicted molar refractivity (Wildman–Crippen MR) is 126 cm³/mol. The van der Waals surface area contributed by atoms with Crippen LogP contribution in [-0.2, 0) is 9.59 Å². The van der Waals surface area contributed by atoms with Gasteiger partial charge in [-0.25, -0.2) is 4.79 Å². The minimum atomic E-state index is -1.28. The summed E-state index contributed by atoms with van der Waals surface area (Å²) in [6.45, 7) is 0. The first-order chi connectivity index (χ1) is 15.8. The molecule has 0 fully saturated rings.